The van der Waals surface area contributed by atoms with Gasteiger partial charge in [-0.3, -0.25) is 4.79 Å². The molecule has 25 heavy (non-hydrogen) atoms. The number of amides is 1. The molecule has 0 spiro atoms. The monoisotopic (exact) mass is 327 g/mol. The van der Waals surface area contributed by atoms with Gasteiger partial charge in [0.2, 0.25) is 0 Å². The van der Waals surface area contributed by atoms with Crippen molar-refractivity contribution in [2.24, 2.45) is 0 Å². The van der Waals surface area contributed by atoms with Crippen molar-refractivity contribution in [3.8, 4) is 0 Å². The van der Waals surface area contributed by atoms with Crippen LogP contribution in [0.3, 0.4) is 0 Å². The van der Waals surface area contributed by atoms with E-state index in [1.807, 2.05) is 47.4 Å². The molecule has 0 aromatic heterocycles. The Labute approximate surface area is 148 Å². The largest absolute Gasteiger partial charge is 0.308 e. The van der Waals surface area contributed by atoms with Gasteiger partial charge >= 0.3 is 0 Å². The molecule has 0 atom stereocenters. The average Bonchev–Trinajstić information content (AvgIpc) is 2.68. The van der Waals surface area contributed by atoms with Gasteiger partial charge in [0, 0.05) is 17.8 Å². The molecule has 0 N–H and O–H groups in total. The van der Waals surface area contributed by atoms with Gasteiger partial charge in [-0.2, -0.15) is 0 Å². The summed E-state index contributed by atoms with van der Waals surface area (Å²) in [4.78, 5) is 15.2. The summed E-state index contributed by atoms with van der Waals surface area (Å²) in [5.74, 6) is 0.110. The highest BCUT2D eigenvalue weighted by molar-refractivity contribution is 6.07. The van der Waals surface area contributed by atoms with Gasteiger partial charge in [0.15, 0.2) is 0 Å². The highest BCUT2D eigenvalue weighted by atomic mass is 16.2. The van der Waals surface area contributed by atoms with Crippen LogP contribution in [0.4, 0.5) is 5.69 Å². The molecule has 0 radical (unpaired) electrons. The lowest BCUT2D eigenvalue weighted by atomic mass is 9.97. The van der Waals surface area contributed by atoms with Gasteiger partial charge in [0.25, 0.3) is 5.91 Å². The van der Waals surface area contributed by atoms with Gasteiger partial charge in [-0.15, -0.1) is 0 Å². The Hall–Kier alpha value is -2.87. The van der Waals surface area contributed by atoms with Crippen LogP contribution < -0.4 is 4.90 Å². The molecule has 0 fully saturated rings. The predicted octanol–water partition coefficient (Wildman–Crippen LogP) is 4.87. The number of rotatable bonds is 3. The standard InChI is InChI=1S/C23H21NO/c25-23(24-16-8-13-19-11-5-7-15-22(19)24)21-14-6-4-12-20(21)17-18-9-2-1-3-10-18/h1-7,9-12,14-15H,8,13,16-17H2. The second kappa shape index (κ2) is 6.94. The second-order valence-electron chi connectivity index (χ2n) is 6.51. The van der Waals surface area contributed by atoms with Crippen LogP contribution in [0.2, 0.25) is 0 Å². The van der Waals surface area contributed by atoms with E-state index >= 15 is 0 Å². The second-order valence-corrected chi connectivity index (χ2v) is 6.51. The highest BCUT2D eigenvalue weighted by Gasteiger charge is 2.24. The Bertz CT molecular complexity index is 885. The molecule has 1 heterocycles. The van der Waals surface area contributed by atoms with Gasteiger partial charge in [0.05, 0.1) is 0 Å². The summed E-state index contributed by atoms with van der Waals surface area (Å²) in [6.07, 6.45) is 2.84. The molecule has 2 heteroatoms. The summed E-state index contributed by atoms with van der Waals surface area (Å²) in [6, 6.07) is 26.6. The Morgan fingerprint density at radius 1 is 0.840 bits per heavy atom. The van der Waals surface area contributed by atoms with Crippen molar-refractivity contribution in [2.75, 3.05) is 11.4 Å². The Morgan fingerprint density at radius 2 is 1.56 bits per heavy atom. The summed E-state index contributed by atoms with van der Waals surface area (Å²) in [7, 11) is 0. The van der Waals surface area contributed by atoms with E-state index in [0.717, 1.165) is 42.6 Å². The molecule has 3 aromatic rings. The highest BCUT2D eigenvalue weighted by Crippen LogP contribution is 2.29. The fourth-order valence-electron chi connectivity index (χ4n) is 3.59. The molecular weight excluding hydrogens is 306 g/mol. The van der Waals surface area contributed by atoms with Crippen molar-refractivity contribution < 1.29 is 4.79 Å². The van der Waals surface area contributed by atoms with Gasteiger partial charge in [-0.1, -0.05) is 66.7 Å². The van der Waals surface area contributed by atoms with Crippen molar-refractivity contribution in [3.63, 3.8) is 0 Å². The third-order valence-corrected chi connectivity index (χ3v) is 4.84. The minimum Gasteiger partial charge on any atom is -0.308 e. The Morgan fingerprint density at radius 3 is 2.44 bits per heavy atom. The number of carbonyl (C=O) groups is 1. The number of anilines is 1. The number of hydrogen-bond acceptors (Lipinski definition) is 1. The summed E-state index contributed by atoms with van der Waals surface area (Å²) in [5.41, 5.74) is 5.45. The lowest BCUT2D eigenvalue weighted by Crippen LogP contribution is -2.36. The summed E-state index contributed by atoms with van der Waals surface area (Å²) in [6.45, 7) is 0.787. The van der Waals surface area contributed by atoms with Gasteiger partial charge in [-0.05, 0) is 48.1 Å². The maximum absolute atomic E-state index is 13.3. The molecule has 0 aliphatic carbocycles. The third kappa shape index (κ3) is 3.20. The maximum atomic E-state index is 13.3. The van der Waals surface area contributed by atoms with E-state index in [2.05, 4.69) is 36.4 Å². The zero-order valence-corrected chi connectivity index (χ0v) is 14.2. The van der Waals surface area contributed by atoms with E-state index < -0.39 is 0 Å². The van der Waals surface area contributed by atoms with Crippen LogP contribution in [0.1, 0.15) is 33.5 Å². The molecule has 0 saturated carbocycles. The average molecular weight is 327 g/mol. The first-order valence-electron chi connectivity index (χ1n) is 8.84. The number of benzene rings is 3. The van der Waals surface area contributed by atoms with Gasteiger partial charge in [0.1, 0.15) is 0 Å². The topological polar surface area (TPSA) is 20.3 Å². The first kappa shape index (κ1) is 15.6. The molecule has 3 aromatic carbocycles. The molecule has 1 aliphatic heterocycles. The number of hydrogen-bond donors (Lipinski definition) is 0. The smallest absolute Gasteiger partial charge is 0.258 e. The fourth-order valence-corrected chi connectivity index (χ4v) is 3.59. The van der Waals surface area contributed by atoms with E-state index in [1.165, 1.54) is 11.1 Å². The third-order valence-electron chi connectivity index (χ3n) is 4.84. The van der Waals surface area contributed by atoms with E-state index in [0.29, 0.717) is 0 Å². The van der Waals surface area contributed by atoms with Crippen LogP contribution in [-0.4, -0.2) is 12.5 Å². The number of fused-ring (bicyclic) bond motifs is 1. The molecule has 0 saturated heterocycles. The van der Waals surface area contributed by atoms with Crippen LogP contribution in [0.25, 0.3) is 0 Å². The van der Waals surface area contributed by atoms with E-state index in [-0.39, 0.29) is 5.91 Å². The van der Waals surface area contributed by atoms with Crippen LogP contribution in [0.5, 0.6) is 0 Å². The fraction of sp³-hybridized carbons (Fsp3) is 0.174. The summed E-state index contributed by atoms with van der Waals surface area (Å²) < 4.78 is 0. The molecule has 2 nitrogen and oxygen atoms in total. The minimum atomic E-state index is 0.110. The molecule has 1 aliphatic rings. The van der Waals surface area contributed by atoms with Crippen LogP contribution in [0, 0.1) is 0 Å². The number of carbonyl (C=O) groups excluding carboxylic acids is 1. The first-order valence-corrected chi connectivity index (χ1v) is 8.84. The zero-order chi connectivity index (χ0) is 17.1. The molecule has 1 amide bonds. The molecular formula is C23H21NO. The lowest BCUT2D eigenvalue weighted by molar-refractivity contribution is 0.0984. The van der Waals surface area contributed by atoms with Crippen molar-refractivity contribution >= 4 is 11.6 Å². The number of nitrogens with zero attached hydrogens (tertiary/aromatic N) is 1. The zero-order valence-electron chi connectivity index (χ0n) is 14.2. The summed E-state index contributed by atoms with van der Waals surface area (Å²) >= 11 is 0. The summed E-state index contributed by atoms with van der Waals surface area (Å²) in [5, 5.41) is 0. The van der Waals surface area contributed by atoms with Gasteiger partial charge in [-0.25, -0.2) is 0 Å². The minimum absolute atomic E-state index is 0.110. The number of para-hydroxylation sites is 1. The Balaban J connectivity index is 1.68. The molecule has 0 bridgehead atoms. The quantitative estimate of drug-likeness (QED) is 0.672. The van der Waals surface area contributed by atoms with Crippen LogP contribution >= 0.6 is 0 Å². The van der Waals surface area contributed by atoms with Crippen LogP contribution in [0.15, 0.2) is 78.9 Å². The van der Waals surface area contributed by atoms with Crippen molar-refractivity contribution in [1.82, 2.24) is 0 Å². The molecule has 0 unspecified atom stereocenters. The lowest BCUT2D eigenvalue weighted by Gasteiger charge is -2.30. The van der Waals surface area contributed by atoms with E-state index in [1.54, 1.807) is 0 Å². The van der Waals surface area contributed by atoms with Gasteiger partial charge < -0.3 is 4.90 Å². The normalized spacial score (nSPS) is 13.4. The maximum Gasteiger partial charge on any atom is 0.258 e. The molecule has 124 valence electrons. The Kier molecular flexibility index (Phi) is 4.34. The van der Waals surface area contributed by atoms with Crippen molar-refractivity contribution in [2.45, 2.75) is 19.3 Å². The molecule has 4 rings (SSSR count). The number of aryl methyl sites for hydroxylation is 1. The predicted molar refractivity (Wildman–Crippen MR) is 102 cm³/mol. The van der Waals surface area contributed by atoms with Crippen LogP contribution in [-0.2, 0) is 12.8 Å². The SMILES string of the molecule is O=C(c1ccccc1Cc1ccccc1)N1CCCc2ccccc21. The van der Waals surface area contributed by atoms with Crippen molar-refractivity contribution in [1.29, 1.82) is 0 Å². The first-order chi connectivity index (χ1) is 12.3. The van der Waals surface area contributed by atoms with E-state index in [9.17, 15) is 4.79 Å². The van der Waals surface area contributed by atoms with E-state index in [4.69, 9.17) is 0 Å². The van der Waals surface area contributed by atoms with Crippen molar-refractivity contribution in [3.05, 3.63) is 101 Å².